The van der Waals surface area contributed by atoms with Crippen molar-refractivity contribution in [3.8, 4) is 11.3 Å². The Kier molecular flexibility index (Phi) is 3.15. The summed E-state index contributed by atoms with van der Waals surface area (Å²) in [4.78, 5) is 4.73. The Morgan fingerprint density at radius 2 is 2.00 bits per heavy atom. The molecule has 2 heterocycles. The lowest BCUT2D eigenvalue weighted by molar-refractivity contribution is 0.689. The summed E-state index contributed by atoms with van der Waals surface area (Å²) in [7, 11) is 0. The van der Waals surface area contributed by atoms with E-state index in [4.69, 9.17) is 10.7 Å². The van der Waals surface area contributed by atoms with Crippen molar-refractivity contribution in [3.05, 3.63) is 41.3 Å². The summed E-state index contributed by atoms with van der Waals surface area (Å²) in [6.45, 7) is 6.03. The highest BCUT2D eigenvalue weighted by molar-refractivity contribution is 5.63. The third-order valence-electron chi connectivity index (χ3n) is 3.98. The zero-order valence-electron chi connectivity index (χ0n) is 11.7. The molecule has 19 heavy (non-hydrogen) atoms. The average Bonchev–Trinajstić information content (AvgIpc) is 3.00. The summed E-state index contributed by atoms with van der Waals surface area (Å²) in [6, 6.07) is 8.81. The number of nitrogens with zero attached hydrogens (tertiary/aromatic N) is 2. The van der Waals surface area contributed by atoms with E-state index in [0.29, 0.717) is 12.5 Å². The topological polar surface area (TPSA) is 43.8 Å². The zero-order chi connectivity index (χ0) is 13.4. The van der Waals surface area contributed by atoms with Crippen LogP contribution in [0, 0.1) is 0 Å². The summed E-state index contributed by atoms with van der Waals surface area (Å²) in [5.41, 5.74) is 10.9. The van der Waals surface area contributed by atoms with E-state index in [0.717, 1.165) is 24.5 Å². The summed E-state index contributed by atoms with van der Waals surface area (Å²) in [5, 5.41) is 0. The van der Waals surface area contributed by atoms with Crippen molar-refractivity contribution in [3.63, 3.8) is 0 Å². The van der Waals surface area contributed by atoms with Crippen LogP contribution in [0.1, 0.15) is 43.3 Å². The van der Waals surface area contributed by atoms with Gasteiger partial charge >= 0.3 is 0 Å². The molecule has 2 aromatic rings. The normalized spacial score (nSPS) is 14.1. The van der Waals surface area contributed by atoms with Gasteiger partial charge in [0.1, 0.15) is 5.82 Å². The first-order chi connectivity index (χ1) is 9.20. The molecule has 0 saturated heterocycles. The summed E-state index contributed by atoms with van der Waals surface area (Å²) >= 11 is 0. The Morgan fingerprint density at radius 3 is 2.63 bits per heavy atom. The Bertz CT molecular complexity index is 579. The van der Waals surface area contributed by atoms with Gasteiger partial charge in [0.25, 0.3) is 0 Å². The zero-order valence-corrected chi connectivity index (χ0v) is 11.7. The van der Waals surface area contributed by atoms with Crippen LogP contribution in [0.2, 0.25) is 0 Å². The molecule has 0 fully saturated rings. The summed E-state index contributed by atoms with van der Waals surface area (Å²) in [5.74, 6) is 1.59. The van der Waals surface area contributed by atoms with Crippen LogP contribution in [0.15, 0.2) is 24.3 Å². The molecule has 0 saturated carbocycles. The third kappa shape index (κ3) is 2.08. The van der Waals surface area contributed by atoms with Crippen LogP contribution in [0.3, 0.4) is 0 Å². The van der Waals surface area contributed by atoms with E-state index < -0.39 is 0 Å². The van der Waals surface area contributed by atoms with Crippen LogP contribution in [-0.4, -0.2) is 9.55 Å². The Morgan fingerprint density at radius 1 is 1.26 bits per heavy atom. The lowest BCUT2D eigenvalue weighted by Gasteiger charge is -2.06. The highest BCUT2D eigenvalue weighted by Crippen LogP contribution is 2.30. The van der Waals surface area contributed by atoms with E-state index in [2.05, 4.69) is 42.7 Å². The maximum atomic E-state index is 5.79. The number of hydrogen-bond acceptors (Lipinski definition) is 2. The van der Waals surface area contributed by atoms with Gasteiger partial charge in [-0.15, -0.1) is 0 Å². The molecule has 3 nitrogen and oxygen atoms in total. The Labute approximate surface area is 114 Å². The number of fused-ring (bicyclic) bond motifs is 1. The molecular weight excluding hydrogens is 234 g/mol. The minimum atomic E-state index is 0.525. The van der Waals surface area contributed by atoms with E-state index in [1.165, 1.54) is 23.2 Å². The van der Waals surface area contributed by atoms with Gasteiger partial charge < -0.3 is 10.3 Å². The first-order valence-corrected chi connectivity index (χ1v) is 7.09. The Balaban J connectivity index is 2.02. The molecule has 0 bridgehead atoms. The third-order valence-corrected chi connectivity index (χ3v) is 3.98. The number of aromatic nitrogens is 2. The molecule has 0 amide bonds. The van der Waals surface area contributed by atoms with Gasteiger partial charge in [0.05, 0.1) is 12.2 Å². The van der Waals surface area contributed by atoms with Crippen molar-refractivity contribution >= 4 is 0 Å². The van der Waals surface area contributed by atoms with Crippen LogP contribution < -0.4 is 5.73 Å². The predicted octanol–water partition coefficient (Wildman–Crippen LogP) is 3.08. The first kappa shape index (κ1) is 12.4. The number of nitrogens with two attached hydrogens (primary N) is 1. The second-order valence-corrected chi connectivity index (χ2v) is 5.56. The molecule has 1 aromatic heterocycles. The second-order valence-electron chi connectivity index (χ2n) is 5.56. The molecule has 0 spiro atoms. The number of rotatable bonds is 3. The molecule has 3 rings (SSSR count). The fourth-order valence-corrected chi connectivity index (χ4v) is 2.87. The monoisotopic (exact) mass is 255 g/mol. The van der Waals surface area contributed by atoms with Gasteiger partial charge in [-0.2, -0.15) is 0 Å². The van der Waals surface area contributed by atoms with Crippen molar-refractivity contribution in [2.45, 2.75) is 45.7 Å². The van der Waals surface area contributed by atoms with Crippen LogP contribution in [0.5, 0.6) is 0 Å². The molecule has 1 aliphatic rings. The molecule has 1 aliphatic heterocycles. The first-order valence-electron chi connectivity index (χ1n) is 7.09. The van der Waals surface area contributed by atoms with E-state index in [-0.39, 0.29) is 0 Å². The van der Waals surface area contributed by atoms with E-state index in [1.807, 2.05) is 0 Å². The highest BCUT2D eigenvalue weighted by atomic mass is 15.1. The van der Waals surface area contributed by atoms with Gasteiger partial charge in [-0.05, 0) is 24.3 Å². The van der Waals surface area contributed by atoms with Crippen molar-refractivity contribution in [2.24, 2.45) is 5.73 Å². The summed E-state index contributed by atoms with van der Waals surface area (Å²) < 4.78 is 2.30. The molecule has 0 atom stereocenters. The smallest absolute Gasteiger partial charge is 0.123 e. The molecule has 0 radical (unpaired) electrons. The number of hydrogen-bond donors (Lipinski definition) is 1. The summed E-state index contributed by atoms with van der Waals surface area (Å²) in [6.07, 6.45) is 2.33. The van der Waals surface area contributed by atoms with Gasteiger partial charge in [-0.3, -0.25) is 0 Å². The van der Waals surface area contributed by atoms with E-state index >= 15 is 0 Å². The predicted molar refractivity (Wildman–Crippen MR) is 78.0 cm³/mol. The van der Waals surface area contributed by atoms with Crippen molar-refractivity contribution in [1.82, 2.24) is 9.55 Å². The maximum absolute atomic E-state index is 5.79. The van der Waals surface area contributed by atoms with E-state index in [1.54, 1.807) is 0 Å². The fourth-order valence-electron chi connectivity index (χ4n) is 2.87. The number of imidazole rings is 1. The quantitative estimate of drug-likeness (QED) is 0.916. The molecule has 1 aromatic carbocycles. The maximum Gasteiger partial charge on any atom is 0.123 e. The van der Waals surface area contributed by atoms with Crippen molar-refractivity contribution < 1.29 is 0 Å². The van der Waals surface area contributed by atoms with Gasteiger partial charge in [0.2, 0.25) is 0 Å². The molecule has 0 unspecified atom stereocenters. The SMILES string of the molecule is CC(C)c1ccc(-c2nc(CN)n3c2CCC3)cc1. The van der Waals surface area contributed by atoms with Crippen LogP contribution in [-0.2, 0) is 19.5 Å². The lowest BCUT2D eigenvalue weighted by atomic mass is 10.00. The largest absolute Gasteiger partial charge is 0.330 e. The fraction of sp³-hybridized carbons (Fsp3) is 0.438. The van der Waals surface area contributed by atoms with Crippen molar-refractivity contribution in [2.75, 3.05) is 0 Å². The van der Waals surface area contributed by atoms with Gasteiger partial charge in [0, 0.05) is 17.8 Å². The van der Waals surface area contributed by atoms with E-state index in [9.17, 15) is 0 Å². The second kappa shape index (κ2) is 4.82. The highest BCUT2D eigenvalue weighted by Gasteiger charge is 2.21. The molecule has 2 N–H and O–H groups in total. The van der Waals surface area contributed by atoms with Gasteiger partial charge in [0.15, 0.2) is 0 Å². The van der Waals surface area contributed by atoms with Crippen molar-refractivity contribution in [1.29, 1.82) is 0 Å². The molecule has 0 aliphatic carbocycles. The Hall–Kier alpha value is -1.61. The lowest BCUT2D eigenvalue weighted by Crippen LogP contribution is -2.06. The van der Waals surface area contributed by atoms with Crippen LogP contribution >= 0.6 is 0 Å². The van der Waals surface area contributed by atoms with Gasteiger partial charge in [-0.25, -0.2) is 4.98 Å². The van der Waals surface area contributed by atoms with Crippen LogP contribution in [0.4, 0.5) is 0 Å². The molecule has 100 valence electrons. The molecule has 3 heteroatoms. The average molecular weight is 255 g/mol. The molecular formula is C16H21N3. The standard InChI is InChI=1S/C16H21N3/c1-11(2)12-5-7-13(8-6-12)16-14-4-3-9-19(14)15(10-17)18-16/h5-8,11H,3-4,9-10,17H2,1-2H3. The number of benzene rings is 1. The van der Waals surface area contributed by atoms with Crippen LogP contribution in [0.25, 0.3) is 11.3 Å². The minimum Gasteiger partial charge on any atom is -0.330 e. The van der Waals surface area contributed by atoms with Gasteiger partial charge in [-0.1, -0.05) is 38.1 Å². The minimum absolute atomic E-state index is 0.525.